The number of aryl methyl sites for hydroxylation is 1. The van der Waals surface area contributed by atoms with Crippen molar-refractivity contribution in [2.45, 2.75) is 32.7 Å². The first-order chi connectivity index (χ1) is 12.6. The number of aromatic nitrogens is 4. The Morgan fingerprint density at radius 3 is 2.88 bits per heavy atom. The molecule has 26 heavy (non-hydrogen) atoms. The molecule has 2 heterocycles. The minimum Gasteiger partial charge on any atom is -0.346 e. The van der Waals surface area contributed by atoms with Gasteiger partial charge in [0.15, 0.2) is 5.82 Å². The molecule has 1 aliphatic rings. The van der Waals surface area contributed by atoms with Crippen molar-refractivity contribution in [2.75, 3.05) is 25.0 Å². The van der Waals surface area contributed by atoms with Crippen LogP contribution in [0.15, 0.2) is 24.3 Å². The van der Waals surface area contributed by atoms with Gasteiger partial charge in [-0.2, -0.15) is 4.68 Å². The lowest BCUT2D eigenvalue weighted by molar-refractivity contribution is -0.136. The Balaban J connectivity index is 1.57. The average molecular weight is 357 g/mol. The van der Waals surface area contributed by atoms with Crippen molar-refractivity contribution < 1.29 is 9.59 Å². The molecule has 0 aliphatic carbocycles. The number of carbonyl (C=O) groups is 2. The van der Waals surface area contributed by atoms with E-state index >= 15 is 0 Å². The van der Waals surface area contributed by atoms with E-state index in [0.29, 0.717) is 29.8 Å². The molecule has 1 saturated heterocycles. The van der Waals surface area contributed by atoms with Crippen LogP contribution in [0.5, 0.6) is 0 Å². The lowest BCUT2D eigenvalue weighted by Gasteiger charge is -2.22. The van der Waals surface area contributed by atoms with Crippen LogP contribution in [0, 0.1) is 6.92 Å². The van der Waals surface area contributed by atoms with E-state index < -0.39 is 11.8 Å². The SMILES string of the molecule is CCN1CCCC1CNC(=O)C(=O)Nc1cccc(-n2nnnc2C)c1. The fraction of sp³-hybridized carbons (Fsp3) is 0.471. The van der Waals surface area contributed by atoms with Gasteiger partial charge in [-0.1, -0.05) is 13.0 Å². The molecular formula is C17H23N7O2. The normalized spacial score (nSPS) is 17.2. The van der Waals surface area contributed by atoms with Crippen molar-refractivity contribution in [1.82, 2.24) is 30.4 Å². The van der Waals surface area contributed by atoms with Gasteiger partial charge >= 0.3 is 11.8 Å². The van der Waals surface area contributed by atoms with E-state index in [1.165, 1.54) is 0 Å². The van der Waals surface area contributed by atoms with Gasteiger partial charge in [-0.25, -0.2) is 0 Å². The number of hydrogen-bond acceptors (Lipinski definition) is 6. The number of likely N-dealkylation sites (N-methyl/N-ethyl adjacent to an activating group) is 1. The Morgan fingerprint density at radius 1 is 1.31 bits per heavy atom. The van der Waals surface area contributed by atoms with Gasteiger partial charge in [-0.05, 0) is 61.5 Å². The Labute approximate surface area is 151 Å². The van der Waals surface area contributed by atoms with Crippen LogP contribution in [-0.2, 0) is 9.59 Å². The van der Waals surface area contributed by atoms with E-state index in [-0.39, 0.29) is 0 Å². The second-order valence-electron chi connectivity index (χ2n) is 6.28. The number of carbonyl (C=O) groups excluding carboxylic acids is 2. The van der Waals surface area contributed by atoms with Gasteiger partial charge in [0.2, 0.25) is 0 Å². The second kappa shape index (κ2) is 8.05. The molecule has 0 spiro atoms. The smallest absolute Gasteiger partial charge is 0.313 e. The van der Waals surface area contributed by atoms with Crippen molar-refractivity contribution in [1.29, 1.82) is 0 Å². The van der Waals surface area contributed by atoms with Gasteiger partial charge in [0.05, 0.1) is 5.69 Å². The second-order valence-corrected chi connectivity index (χ2v) is 6.28. The van der Waals surface area contributed by atoms with Gasteiger partial charge in [0.25, 0.3) is 0 Å². The van der Waals surface area contributed by atoms with Crippen molar-refractivity contribution in [3.8, 4) is 5.69 Å². The maximum Gasteiger partial charge on any atom is 0.313 e. The van der Waals surface area contributed by atoms with Crippen LogP contribution in [0.2, 0.25) is 0 Å². The molecule has 2 amide bonds. The van der Waals surface area contributed by atoms with Crippen molar-refractivity contribution in [3.05, 3.63) is 30.1 Å². The molecule has 0 saturated carbocycles. The Bertz CT molecular complexity index is 789. The highest BCUT2D eigenvalue weighted by Crippen LogP contribution is 2.16. The van der Waals surface area contributed by atoms with E-state index in [2.05, 4.69) is 38.0 Å². The average Bonchev–Trinajstić information content (AvgIpc) is 3.28. The molecule has 3 rings (SSSR count). The lowest BCUT2D eigenvalue weighted by Crippen LogP contribution is -2.43. The highest BCUT2D eigenvalue weighted by Gasteiger charge is 2.24. The summed E-state index contributed by atoms with van der Waals surface area (Å²) >= 11 is 0. The van der Waals surface area contributed by atoms with E-state index in [0.717, 1.165) is 25.9 Å². The summed E-state index contributed by atoms with van der Waals surface area (Å²) in [5.41, 5.74) is 1.21. The third-order valence-corrected chi connectivity index (χ3v) is 4.58. The molecule has 138 valence electrons. The summed E-state index contributed by atoms with van der Waals surface area (Å²) in [7, 11) is 0. The predicted molar refractivity (Wildman–Crippen MR) is 95.8 cm³/mol. The van der Waals surface area contributed by atoms with Crippen LogP contribution in [0.25, 0.3) is 5.69 Å². The Morgan fingerprint density at radius 2 is 2.15 bits per heavy atom. The van der Waals surface area contributed by atoms with Crippen molar-refractivity contribution >= 4 is 17.5 Å². The number of tetrazole rings is 1. The Kier molecular flexibility index (Phi) is 5.57. The first kappa shape index (κ1) is 18.0. The summed E-state index contributed by atoms with van der Waals surface area (Å²) in [6.07, 6.45) is 2.17. The largest absolute Gasteiger partial charge is 0.346 e. The first-order valence-corrected chi connectivity index (χ1v) is 8.77. The first-order valence-electron chi connectivity index (χ1n) is 8.77. The van der Waals surface area contributed by atoms with Gasteiger partial charge < -0.3 is 10.6 Å². The highest BCUT2D eigenvalue weighted by atomic mass is 16.2. The maximum atomic E-state index is 12.1. The van der Waals surface area contributed by atoms with Crippen LogP contribution in [0.4, 0.5) is 5.69 Å². The van der Waals surface area contributed by atoms with E-state index in [4.69, 9.17) is 0 Å². The number of rotatable bonds is 5. The van der Waals surface area contributed by atoms with E-state index in [1.54, 1.807) is 29.8 Å². The molecule has 1 fully saturated rings. The molecule has 2 N–H and O–H groups in total. The molecular weight excluding hydrogens is 334 g/mol. The fourth-order valence-electron chi connectivity index (χ4n) is 3.21. The van der Waals surface area contributed by atoms with E-state index in [9.17, 15) is 9.59 Å². The summed E-state index contributed by atoms with van der Waals surface area (Å²) in [6, 6.07) is 7.32. The third-order valence-electron chi connectivity index (χ3n) is 4.58. The molecule has 0 radical (unpaired) electrons. The van der Waals surface area contributed by atoms with E-state index in [1.807, 2.05) is 6.07 Å². The molecule has 1 unspecified atom stereocenters. The summed E-state index contributed by atoms with van der Waals surface area (Å²) in [6.45, 7) is 6.38. The summed E-state index contributed by atoms with van der Waals surface area (Å²) in [5.74, 6) is -0.683. The molecule has 9 nitrogen and oxygen atoms in total. The molecule has 9 heteroatoms. The fourth-order valence-corrected chi connectivity index (χ4v) is 3.21. The zero-order chi connectivity index (χ0) is 18.5. The topological polar surface area (TPSA) is 105 Å². The zero-order valence-electron chi connectivity index (χ0n) is 15.0. The van der Waals surface area contributed by atoms with Crippen LogP contribution in [0.1, 0.15) is 25.6 Å². The van der Waals surface area contributed by atoms with Gasteiger partial charge in [0.1, 0.15) is 0 Å². The number of amides is 2. The van der Waals surface area contributed by atoms with Crippen LogP contribution in [-0.4, -0.2) is 62.6 Å². The van der Waals surface area contributed by atoms with Crippen LogP contribution >= 0.6 is 0 Å². The third kappa shape index (κ3) is 4.05. The number of hydrogen-bond donors (Lipinski definition) is 2. The number of nitrogens with one attached hydrogen (secondary N) is 2. The summed E-state index contributed by atoms with van der Waals surface area (Å²) < 4.78 is 1.55. The minimum atomic E-state index is -0.684. The number of likely N-dealkylation sites (tertiary alicyclic amines) is 1. The maximum absolute atomic E-state index is 12.1. The summed E-state index contributed by atoms with van der Waals surface area (Å²) in [4.78, 5) is 26.6. The molecule has 1 atom stereocenters. The standard InChI is InChI=1S/C17H23N7O2/c1-3-23-9-5-8-15(23)11-18-16(25)17(26)19-13-6-4-7-14(10-13)24-12(2)20-21-22-24/h4,6-7,10,15H,3,5,8-9,11H2,1-2H3,(H,18,25)(H,19,26). The van der Waals surface area contributed by atoms with Crippen LogP contribution in [0.3, 0.4) is 0 Å². The Hall–Kier alpha value is -2.81. The lowest BCUT2D eigenvalue weighted by atomic mass is 10.2. The number of anilines is 1. The molecule has 0 bridgehead atoms. The van der Waals surface area contributed by atoms with Crippen molar-refractivity contribution in [2.24, 2.45) is 0 Å². The van der Waals surface area contributed by atoms with Crippen molar-refractivity contribution in [3.63, 3.8) is 0 Å². The zero-order valence-corrected chi connectivity index (χ0v) is 15.0. The van der Waals surface area contributed by atoms with Gasteiger partial charge in [-0.3, -0.25) is 14.5 Å². The number of benzene rings is 1. The monoisotopic (exact) mass is 357 g/mol. The van der Waals surface area contributed by atoms with Gasteiger partial charge in [0, 0.05) is 18.3 Å². The van der Waals surface area contributed by atoms with Crippen LogP contribution < -0.4 is 10.6 Å². The predicted octanol–water partition coefficient (Wildman–Crippen LogP) is 0.510. The number of nitrogens with zero attached hydrogens (tertiary/aromatic N) is 5. The molecule has 1 aliphatic heterocycles. The minimum absolute atomic E-state index is 0.308. The molecule has 2 aromatic rings. The van der Waals surface area contributed by atoms with Gasteiger partial charge in [-0.15, -0.1) is 5.10 Å². The molecule has 1 aromatic carbocycles. The highest BCUT2D eigenvalue weighted by molar-refractivity contribution is 6.39. The summed E-state index contributed by atoms with van der Waals surface area (Å²) in [5, 5.41) is 16.7. The molecule has 1 aromatic heterocycles. The quantitative estimate of drug-likeness (QED) is 0.756.